The van der Waals surface area contributed by atoms with Gasteiger partial charge in [0.15, 0.2) is 6.23 Å². The van der Waals surface area contributed by atoms with Gasteiger partial charge in [0.05, 0.1) is 6.10 Å². The number of aliphatic hydroxyl groups excluding tert-OH is 1. The monoisotopic (exact) mass is 520 g/mol. The van der Waals surface area contributed by atoms with Crippen LogP contribution in [0.4, 0.5) is 11.5 Å². The Labute approximate surface area is 213 Å². The lowest BCUT2D eigenvalue weighted by atomic mass is 10.1. The minimum atomic E-state index is -0.754. The molecule has 2 atom stereocenters. The Kier molecular flexibility index (Phi) is 8.00. The first kappa shape index (κ1) is 25.1. The maximum Gasteiger partial charge on any atom is 0.383 e. The van der Waals surface area contributed by atoms with Crippen molar-refractivity contribution in [1.29, 1.82) is 0 Å². The summed E-state index contributed by atoms with van der Waals surface area (Å²) in [4.78, 5) is 16.4. The number of anilines is 1. The minimum absolute atomic E-state index is 0.0809. The quantitative estimate of drug-likeness (QED) is 0.293. The molecule has 2 aromatic carbocycles. The van der Waals surface area contributed by atoms with Gasteiger partial charge in [-0.2, -0.15) is 0 Å². The van der Waals surface area contributed by atoms with Gasteiger partial charge in [-0.05, 0) is 77.0 Å². The molecule has 0 saturated carbocycles. The van der Waals surface area contributed by atoms with Crippen LogP contribution in [0.15, 0.2) is 54.7 Å². The zero-order valence-electron chi connectivity index (χ0n) is 19.1. The molecule has 1 aromatic heterocycles. The number of rotatable bonds is 9. The number of aromatic nitrogens is 2. The van der Waals surface area contributed by atoms with Crippen LogP contribution in [0, 0.1) is 10.1 Å². The molecule has 35 heavy (non-hydrogen) atoms. The van der Waals surface area contributed by atoms with E-state index in [-0.39, 0.29) is 23.6 Å². The number of halogens is 2. The van der Waals surface area contributed by atoms with E-state index in [1.54, 1.807) is 6.92 Å². The van der Waals surface area contributed by atoms with Crippen molar-refractivity contribution in [2.24, 2.45) is 0 Å². The second kappa shape index (κ2) is 11.2. The lowest BCUT2D eigenvalue weighted by Crippen LogP contribution is -2.38. The number of ether oxygens (including phenoxy) is 2. The van der Waals surface area contributed by atoms with Gasteiger partial charge >= 0.3 is 11.1 Å². The topological polar surface area (TPSA) is 103 Å². The van der Waals surface area contributed by atoms with E-state index in [9.17, 15) is 15.2 Å². The maximum absolute atomic E-state index is 11.0. The van der Waals surface area contributed by atoms with E-state index >= 15 is 0 Å². The molecule has 1 aliphatic heterocycles. The molecule has 0 radical (unpaired) electrons. The predicted molar refractivity (Wildman–Crippen MR) is 134 cm³/mol. The summed E-state index contributed by atoms with van der Waals surface area (Å²) in [6.45, 7) is 3.33. The van der Waals surface area contributed by atoms with Crippen molar-refractivity contribution in [2.75, 3.05) is 18.0 Å². The molecule has 1 fully saturated rings. The summed E-state index contributed by atoms with van der Waals surface area (Å²) in [5.41, 5.74) is 1.06. The number of aliphatic hydroxyl groups is 1. The zero-order chi connectivity index (χ0) is 24.9. The Morgan fingerprint density at radius 3 is 2.31 bits per heavy atom. The summed E-state index contributed by atoms with van der Waals surface area (Å²) >= 11 is 12.0. The van der Waals surface area contributed by atoms with Gasteiger partial charge in [0.25, 0.3) is 0 Å². The van der Waals surface area contributed by atoms with Crippen molar-refractivity contribution in [3.8, 4) is 11.5 Å². The fourth-order valence-electron chi connectivity index (χ4n) is 3.99. The van der Waals surface area contributed by atoms with Crippen LogP contribution in [0.5, 0.6) is 11.5 Å². The van der Waals surface area contributed by atoms with Crippen molar-refractivity contribution >= 4 is 34.7 Å². The van der Waals surface area contributed by atoms with E-state index in [1.165, 1.54) is 10.8 Å². The van der Waals surface area contributed by atoms with Crippen LogP contribution in [0.2, 0.25) is 10.3 Å². The molecular formula is C24H26Cl2N4O5. The molecule has 0 aliphatic carbocycles. The van der Waals surface area contributed by atoms with Crippen molar-refractivity contribution in [2.45, 2.75) is 44.6 Å². The van der Waals surface area contributed by atoms with Crippen LogP contribution in [0.25, 0.3) is 0 Å². The van der Waals surface area contributed by atoms with Crippen LogP contribution in [0.1, 0.15) is 32.4 Å². The molecule has 11 heteroatoms. The second-order valence-electron chi connectivity index (χ2n) is 8.44. The van der Waals surface area contributed by atoms with Crippen molar-refractivity contribution in [3.63, 3.8) is 0 Å². The highest BCUT2D eigenvalue weighted by atomic mass is 35.5. The first-order valence-electron chi connectivity index (χ1n) is 11.3. The molecule has 0 bridgehead atoms. The van der Waals surface area contributed by atoms with E-state index < -0.39 is 17.3 Å². The molecule has 1 aliphatic rings. The molecule has 3 aromatic rings. The van der Waals surface area contributed by atoms with Gasteiger partial charge in [-0.25, -0.2) is 0 Å². The normalized spacial score (nSPS) is 16.1. The number of imidazole rings is 1. The van der Waals surface area contributed by atoms with Crippen LogP contribution < -0.4 is 14.4 Å². The van der Waals surface area contributed by atoms with Gasteiger partial charge in [0.1, 0.15) is 23.8 Å². The lowest BCUT2D eigenvalue weighted by molar-refractivity contribution is -0.389. The predicted octanol–water partition coefficient (Wildman–Crippen LogP) is 5.49. The Morgan fingerprint density at radius 1 is 1.11 bits per heavy atom. The molecule has 1 saturated heterocycles. The number of hydrogen-bond donors (Lipinski definition) is 1. The third kappa shape index (κ3) is 6.56. The molecule has 9 nitrogen and oxygen atoms in total. The number of hydrogen-bond acceptors (Lipinski definition) is 7. The van der Waals surface area contributed by atoms with Gasteiger partial charge in [-0.15, -0.1) is 0 Å². The average Bonchev–Trinajstić information content (AvgIpc) is 3.23. The molecule has 0 amide bonds. The molecule has 0 spiro atoms. The van der Waals surface area contributed by atoms with E-state index in [1.807, 2.05) is 48.5 Å². The number of nitro groups is 1. The Morgan fingerprint density at radius 2 is 1.74 bits per heavy atom. The summed E-state index contributed by atoms with van der Waals surface area (Å²) < 4.78 is 13.5. The second-order valence-corrected chi connectivity index (χ2v) is 9.22. The first-order valence-corrected chi connectivity index (χ1v) is 12.0. The van der Waals surface area contributed by atoms with Crippen molar-refractivity contribution in [1.82, 2.24) is 9.55 Å². The van der Waals surface area contributed by atoms with E-state index in [4.69, 9.17) is 32.7 Å². The molecule has 2 unspecified atom stereocenters. The summed E-state index contributed by atoms with van der Waals surface area (Å²) in [7, 11) is 0. The molecule has 2 heterocycles. The SMILES string of the molecule is CC(O)CC(Oc1ccc(N2CCC(Oc3ccc(Cl)cc3)CC2)cc1)n1cc([N+](=O)[O-])nc1Cl. The summed E-state index contributed by atoms with van der Waals surface area (Å²) in [5, 5.41) is 21.5. The Hall–Kier alpha value is -3.01. The summed E-state index contributed by atoms with van der Waals surface area (Å²) in [6, 6.07) is 15.0. The summed E-state index contributed by atoms with van der Waals surface area (Å²) in [5.74, 6) is 0.991. The standard InChI is InChI=1S/C24H26Cl2N4O5/c1-16(31)14-23(29-15-22(30(32)33)27-24(29)26)35-20-8-4-18(5-9-20)28-12-10-21(11-13-28)34-19-6-2-17(25)3-7-19/h2-9,15-16,21,23,31H,10-14H2,1H3. The number of nitrogens with zero attached hydrogens (tertiary/aromatic N) is 4. The van der Waals surface area contributed by atoms with Gasteiger partial charge in [-0.3, -0.25) is 4.57 Å². The van der Waals surface area contributed by atoms with Crippen LogP contribution in [0.3, 0.4) is 0 Å². The summed E-state index contributed by atoms with van der Waals surface area (Å²) in [6.07, 6.45) is 1.87. The maximum atomic E-state index is 11.0. The highest BCUT2D eigenvalue weighted by Crippen LogP contribution is 2.30. The number of piperidine rings is 1. The van der Waals surface area contributed by atoms with Crippen LogP contribution in [-0.4, -0.2) is 44.9 Å². The molecule has 1 N–H and O–H groups in total. The third-order valence-electron chi connectivity index (χ3n) is 5.75. The smallest absolute Gasteiger partial charge is 0.383 e. The largest absolute Gasteiger partial charge is 0.490 e. The zero-order valence-corrected chi connectivity index (χ0v) is 20.6. The van der Waals surface area contributed by atoms with Crippen LogP contribution >= 0.6 is 23.2 Å². The highest BCUT2D eigenvalue weighted by molar-refractivity contribution is 6.30. The van der Waals surface area contributed by atoms with Crippen molar-refractivity contribution in [3.05, 3.63) is 75.1 Å². The van der Waals surface area contributed by atoms with E-state index in [0.29, 0.717) is 10.8 Å². The van der Waals surface area contributed by atoms with Gasteiger partial charge < -0.3 is 29.6 Å². The fourth-order valence-corrected chi connectivity index (χ4v) is 4.36. The van der Waals surface area contributed by atoms with E-state index in [2.05, 4.69) is 9.88 Å². The highest BCUT2D eigenvalue weighted by Gasteiger charge is 2.26. The third-order valence-corrected chi connectivity index (χ3v) is 6.28. The Balaban J connectivity index is 1.37. The van der Waals surface area contributed by atoms with Crippen LogP contribution in [-0.2, 0) is 0 Å². The average molecular weight is 521 g/mol. The van der Waals surface area contributed by atoms with Gasteiger partial charge in [0, 0.05) is 43.1 Å². The Bertz CT molecular complexity index is 1130. The van der Waals surface area contributed by atoms with Gasteiger partial charge in [-0.1, -0.05) is 11.6 Å². The molecule has 4 rings (SSSR count). The number of benzene rings is 2. The molecule has 186 valence electrons. The van der Waals surface area contributed by atoms with Gasteiger partial charge in [0.2, 0.25) is 0 Å². The first-order chi connectivity index (χ1) is 16.8. The minimum Gasteiger partial charge on any atom is -0.490 e. The lowest BCUT2D eigenvalue weighted by Gasteiger charge is -2.34. The van der Waals surface area contributed by atoms with E-state index in [0.717, 1.165) is 37.4 Å². The fraction of sp³-hybridized carbons (Fsp3) is 0.375. The van der Waals surface area contributed by atoms with Crippen molar-refractivity contribution < 1.29 is 19.5 Å². The molecular weight excluding hydrogens is 495 g/mol.